The predicted molar refractivity (Wildman–Crippen MR) is 443 cm³/mol. The van der Waals surface area contributed by atoms with Crippen LogP contribution in [0.5, 0.6) is 5.75 Å². The number of aromatic nitrogens is 5. The Labute approximate surface area is 680 Å². The lowest BCUT2D eigenvalue weighted by molar-refractivity contribution is -0.123. The molecule has 118 heavy (non-hydrogen) atoms. The third kappa shape index (κ3) is 16.9. The number of rotatable bonds is 21. The van der Waals surface area contributed by atoms with Crippen molar-refractivity contribution < 1.29 is 61.1 Å². The van der Waals surface area contributed by atoms with E-state index in [9.17, 15) is 51.9 Å². The quantitative estimate of drug-likeness (QED) is 0.0326. The van der Waals surface area contributed by atoms with E-state index in [4.69, 9.17) is 4.74 Å². The van der Waals surface area contributed by atoms with Crippen molar-refractivity contribution in [1.29, 1.82) is 0 Å². The minimum absolute atomic E-state index is 0.0252. The van der Waals surface area contributed by atoms with E-state index < -0.39 is 59.3 Å². The maximum Gasteiger partial charge on any atom is 0.256 e. The lowest BCUT2D eigenvalue weighted by Gasteiger charge is -2.39. The summed E-state index contributed by atoms with van der Waals surface area (Å²) >= 11 is 0. The van der Waals surface area contributed by atoms with Gasteiger partial charge < -0.3 is 51.2 Å². The highest BCUT2D eigenvalue weighted by Gasteiger charge is 2.61. The maximum atomic E-state index is 15.1. The summed E-state index contributed by atoms with van der Waals surface area (Å²) < 4.78 is 50.2. The maximum absolute atomic E-state index is 15.1. The Morgan fingerprint density at radius 2 is 0.966 bits per heavy atom. The number of methoxy groups -OCH3 is 1. The van der Waals surface area contributed by atoms with Crippen LogP contribution < -0.4 is 31.3 Å². The molecular weight excluding hydrogens is 1500 g/mol. The van der Waals surface area contributed by atoms with E-state index >= 15 is 4.39 Å². The number of Topliss-reactive ketones (excluding diaryl/α,β-unsaturated/α-hetero) is 3. The van der Waals surface area contributed by atoms with Crippen LogP contribution >= 0.6 is 0 Å². The zero-order valence-corrected chi connectivity index (χ0v) is 67.4. The first-order chi connectivity index (χ1) is 56.4. The van der Waals surface area contributed by atoms with Gasteiger partial charge in [0.1, 0.15) is 23.2 Å². The Morgan fingerprint density at radius 1 is 0.542 bits per heavy atom. The van der Waals surface area contributed by atoms with Crippen LogP contribution in [0, 0.1) is 41.1 Å². The fourth-order valence-electron chi connectivity index (χ4n) is 17.8. The molecule has 5 aliphatic rings. The van der Waals surface area contributed by atoms with Gasteiger partial charge in [0.25, 0.3) is 17.7 Å². The second-order valence-corrected chi connectivity index (χ2v) is 32.6. The predicted octanol–water partition coefficient (Wildman–Crippen LogP) is 15.7. The number of aromatic amines is 4. The number of fused-ring (bicyclic) bond motifs is 5. The van der Waals surface area contributed by atoms with Crippen LogP contribution in [0.2, 0.25) is 0 Å². The van der Waals surface area contributed by atoms with Crippen molar-refractivity contribution in [3.63, 3.8) is 0 Å². The number of hydrogen-bond donors (Lipinski definition) is 9. The van der Waals surface area contributed by atoms with Crippen molar-refractivity contribution in [2.75, 3.05) is 14.2 Å². The molecular formula is C94H94F3N11O10. The molecule has 3 aliphatic heterocycles. The van der Waals surface area contributed by atoms with E-state index in [2.05, 4.69) is 72.5 Å². The van der Waals surface area contributed by atoms with E-state index in [0.717, 1.165) is 79.9 Å². The molecule has 7 unspecified atom stereocenters. The molecule has 0 radical (unpaired) electrons. The van der Waals surface area contributed by atoms with Crippen LogP contribution in [0.1, 0.15) is 193 Å². The fraction of sp³-hybridized carbons (Fsp3) is 0.298. The van der Waals surface area contributed by atoms with Gasteiger partial charge in [-0.05, 0) is 223 Å². The van der Waals surface area contributed by atoms with Gasteiger partial charge in [0, 0.05) is 115 Å². The standard InChI is InChI=1S/C33H36FN3O3.C32H30FN3O4.C29H28FN5O3/c1-18-13-28(39)37-30(29(18)26(38)15-19-5-8-25-20(14-19)10-12-35-25)21-6-7-24(34)23(16-21)31(40)36-27-17-22-9-11-33(27,4)32(22,2)3;1-18-14-29(38)36-31(30(18)27(37)16-20-8-11-26-21(15-20)12-13-34-26)22-9-10-25(33)24(17-22)32(39)35-19(2)23-6-4-5-7-28(23)40-3;1-16-10-26(37)32-28(27(16)25(36)13-18-4-7-24-19(12-18)8-9-31-24)20-5-6-23(30)22(14-20)29(38)35(3)15-21-11-17(2)33-34-21/h5-8,10,12,14,16,22,27,30,35H,9,11,13,15,17H2,1-4H3,(H,36,40)(H,37,39);4-13,15,17,19,31,34H,14,16H2,1-3H3,(H,35,39)(H,36,38);4-9,11-12,14,28,31H,10,13,15H2,1-3H3,(H,32,37)(H,33,34). The number of halogens is 3. The molecule has 2 aliphatic carbocycles. The number of amides is 6. The fourth-order valence-corrected chi connectivity index (χ4v) is 17.8. The molecule has 7 aromatic carbocycles. The van der Waals surface area contributed by atoms with Gasteiger partial charge in [0.15, 0.2) is 17.3 Å². The second-order valence-electron chi connectivity index (χ2n) is 32.6. The van der Waals surface area contributed by atoms with Gasteiger partial charge in [-0.1, -0.05) is 92.1 Å². The molecule has 9 N–H and O–H groups in total. The summed E-state index contributed by atoms with van der Waals surface area (Å²) in [4.78, 5) is 129. The molecule has 16 rings (SSSR count). The van der Waals surface area contributed by atoms with Crippen molar-refractivity contribution in [2.45, 2.75) is 150 Å². The number of nitrogens with zero attached hydrogens (tertiary/aromatic N) is 2. The van der Waals surface area contributed by atoms with Crippen LogP contribution in [0.25, 0.3) is 32.7 Å². The summed E-state index contributed by atoms with van der Waals surface area (Å²) in [5, 5.41) is 24.6. The highest BCUT2D eigenvalue weighted by molar-refractivity contribution is 6.05. The van der Waals surface area contributed by atoms with Gasteiger partial charge in [-0.3, -0.25) is 48.2 Å². The summed E-state index contributed by atoms with van der Waals surface area (Å²) in [6.45, 7) is 15.9. The highest BCUT2D eigenvalue weighted by Crippen LogP contribution is 2.65. The summed E-state index contributed by atoms with van der Waals surface area (Å²) in [7, 11) is 3.11. The monoisotopic (exact) mass is 1590 g/mol. The number of carbonyl (C=O) groups is 9. The zero-order chi connectivity index (χ0) is 83.8. The van der Waals surface area contributed by atoms with Gasteiger partial charge in [-0.2, -0.15) is 5.10 Å². The van der Waals surface area contributed by atoms with Gasteiger partial charge >= 0.3 is 0 Å². The van der Waals surface area contributed by atoms with Crippen molar-refractivity contribution in [1.82, 2.24) is 56.6 Å². The minimum Gasteiger partial charge on any atom is -0.496 e. The normalized spacial score (nSPS) is 19.7. The van der Waals surface area contributed by atoms with Crippen LogP contribution in [0.15, 0.2) is 210 Å². The molecule has 24 heteroatoms. The van der Waals surface area contributed by atoms with Crippen LogP contribution in [0.4, 0.5) is 13.2 Å². The average molecular weight is 1590 g/mol. The summed E-state index contributed by atoms with van der Waals surface area (Å²) in [5.74, 6) is -3.53. The number of benzene rings is 7. The Morgan fingerprint density at radius 3 is 1.37 bits per heavy atom. The third-order valence-electron chi connectivity index (χ3n) is 24.5. The molecule has 21 nitrogen and oxygen atoms in total. The van der Waals surface area contributed by atoms with Gasteiger partial charge in [-0.25, -0.2) is 13.2 Å². The summed E-state index contributed by atoms with van der Waals surface area (Å²) in [6.07, 6.45) is 9.43. The SMILES string of the molecule is CC1=C(C(=O)Cc2ccc3[nH]ccc3c2)C(c2ccc(F)c(C(=O)N(C)Cc3cc(C)[nH]n3)c2)NC(=O)C1.CC1=C(C(=O)Cc2ccc3[nH]ccc3c2)C(c2ccc(F)c(C(=O)NC3CC4CCC3(C)C4(C)C)c2)NC(=O)C1.COc1ccccc1C(C)NC(=O)c1cc(C2NC(=O)CC(C)=C2C(=O)Cc2ccc3[nH]ccc3c2)ccc1F. The second kappa shape index (κ2) is 33.7. The van der Waals surface area contributed by atoms with E-state index in [-0.39, 0.29) is 114 Å². The molecule has 2 saturated carbocycles. The number of ether oxygens (including phenoxy) is 1. The molecule has 6 amide bonds. The average Bonchev–Trinajstić information content (AvgIpc) is 1.56. The summed E-state index contributed by atoms with van der Waals surface area (Å²) in [5.41, 5.74) is 12.3. The van der Waals surface area contributed by atoms with Crippen molar-refractivity contribution >= 4 is 85.5 Å². The molecule has 2 bridgehead atoms. The van der Waals surface area contributed by atoms with E-state index in [0.29, 0.717) is 67.5 Å². The molecule has 0 saturated heterocycles. The first-order valence-corrected chi connectivity index (χ1v) is 39.6. The van der Waals surface area contributed by atoms with E-state index in [1.54, 1.807) is 54.0 Å². The number of nitrogens with one attached hydrogen (secondary N) is 9. The lowest BCUT2D eigenvalue weighted by atomic mass is 9.69. The highest BCUT2D eigenvalue weighted by atomic mass is 19.1. The molecule has 11 aromatic rings. The molecule has 0 spiro atoms. The molecule has 606 valence electrons. The van der Waals surface area contributed by atoms with Crippen molar-refractivity contribution in [3.05, 3.63) is 294 Å². The van der Waals surface area contributed by atoms with Crippen LogP contribution in [0.3, 0.4) is 0 Å². The molecule has 7 heterocycles. The van der Waals surface area contributed by atoms with E-state index in [1.807, 2.05) is 123 Å². The first-order valence-electron chi connectivity index (χ1n) is 39.6. The van der Waals surface area contributed by atoms with Crippen molar-refractivity contribution in [3.8, 4) is 5.75 Å². The Hall–Kier alpha value is -13.0. The number of ketones is 3. The largest absolute Gasteiger partial charge is 0.496 e. The molecule has 2 fully saturated rings. The third-order valence-corrected chi connectivity index (χ3v) is 24.5. The molecule has 4 aromatic heterocycles. The van der Waals surface area contributed by atoms with Gasteiger partial charge in [0.2, 0.25) is 17.7 Å². The number of hydrogen-bond acceptors (Lipinski definition) is 11. The topological polar surface area (TPSA) is 302 Å². The number of H-pyrrole nitrogens is 4. The Bertz CT molecular complexity index is 5980. The van der Waals surface area contributed by atoms with Gasteiger partial charge in [-0.15, -0.1) is 0 Å². The summed E-state index contributed by atoms with van der Waals surface area (Å²) in [6, 6.07) is 42.0. The minimum atomic E-state index is -0.802. The Kier molecular flexibility index (Phi) is 23.3. The smallest absolute Gasteiger partial charge is 0.256 e. The number of aryl methyl sites for hydroxylation is 1. The first kappa shape index (κ1) is 81.6. The number of para-hydroxylation sites is 1. The lowest BCUT2D eigenvalue weighted by Crippen LogP contribution is -2.47. The van der Waals surface area contributed by atoms with Crippen LogP contribution in [-0.4, -0.2) is 103 Å². The Balaban J connectivity index is 0.000000145. The van der Waals surface area contributed by atoms with Gasteiger partial charge in [0.05, 0.1) is 60.2 Å². The van der Waals surface area contributed by atoms with E-state index in [1.165, 1.54) is 53.4 Å². The van der Waals surface area contributed by atoms with Crippen molar-refractivity contribution in [2.24, 2.45) is 16.7 Å². The van der Waals surface area contributed by atoms with Crippen LogP contribution in [-0.2, 0) is 54.6 Å². The number of carbonyl (C=O) groups excluding carboxylic acids is 9. The molecule has 7 atom stereocenters. The zero-order valence-electron chi connectivity index (χ0n) is 67.4.